The Kier molecular flexibility index (Phi) is 2.69. The fourth-order valence-electron chi connectivity index (χ4n) is 2.06. The number of rotatable bonds is 3. The van der Waals surface area contributed by atoms with Crippen LogP contribution in [-0.4, -0.2) is 19.3 Å². The molecule has 92 valence electrons. The molecule has 1 saturated heterocycles. The maximum atomic E-state index is 12.3. The number of nitrogens with zero attached hydrogens (tertiary/aromatic N) is 1. The van der Waals surface area contributed by atoms with Crippen molar-refractivity contribution in [2.24, 2.45) is 0 Å². The smallest absolute Gasteiger partial charge is 0.207 e. The zero-order valence-electron chi connectivity index (χ0n) is 9.73. The first-order chi connectivity index (χ1) is 8.69. The van der Waals surface area contributed by atoms with Crippen LogP contribution in [0.15, 0.2) is 65.6 Å². The second kappa shape index (κ2) is 4.23. The Bertz CT molecular complexity index is 638. The van der Waals surface area contributed by atoms with Crippen LogP contribution in [-0.2, 0) is 10.0 Å². The van der Waals surface area contributed by atoms with Gasteiger partial charge in [0.05, 0.1) is 10.9 Å². The molecule has 0 aromatic heterocycles. The van der Waals surface area contributed by atoms with E-state index in [-0.39, 0.29) is 6.04 Å². The topological polar surface area (TPSA) is 37.1 Å². The van der Waals surface area contributed by atoms with Gasteiger partial charge in [-0.05, 0) is 17.7 Å². The molecule has 2 unspecified atom stereocenters. The van der Waals surface area contributed by atoms with Gasteiger partial charge in [0.2, 0.25) is 10.0 Å². The molecule has 0 spiro atoms. The van der Waals surface area contributed by atoms with Gasteiger partial charge in [-0.3, -0.25) is 0 Å². The molecule has 0 amide bonds. The third kappa shape index (κ3) is 1.94. The summed E-state index contributed by atoms with van der Waals surface area (Å²) in [6, 6.07) is 18.3. The summed E-state index contributed by atoms with van der Waals surface area (Å²) in [6.07, 6.45) is 0. The van der Waals surface area contributed by atoms with Crippen molar-refractivity contribution in [3.63, 3.8) is 0 Å². The minimum absolute atomic E-state index is 0.00333. The van der Waals surface area contributed by atoms with E-state index in [1.807, 2.05) is 36.4 Å². The van der Waals surface area contributed by atoms with Crippen LogP contribution in [0.2, 0.25) is 0 Å². The Morgan fingerprint density at radius 2 is 1.44 bits per heavy atom. The summed E-state index contributed by atoms with van der Waals surface area (Å²) in [6.45, 7) is 0.571. The average Bonchev–Trinajstić information content (AvgIpc) is 3.22. The second-order valence-corrected chi connectivity index (χ2v) is 6.20. The number of hydrogen-bond donors (Lipinski definition) is 0. The Hall–Kier alpha value is -1.65. The Morgan fingerprint density at radius 3 is 2.06 bits per heavy atom. The summed E-state index contributed by atoms with van der Waals surface area (Å²) in [7, 11) is -3.33. The molecule has 1 aliphatic heterocycles. The van der Waals surface area contributed by atoms with Gasteiger partial charge >= 0.3 is 0 Å². The van der Waals surface area contributed by atoms with Gasteiger partial charge in [-0.15, -0.1) is 0 Å². The molecular weight excluding hydrogens is 246 g/mol. The second-order valence-electron chi connectivity index (χ2n) is 4.31. The minimum Gasteiger partial charge on any atom is -0.207 e. The monoisotopic (exact) mass is 259 g/mol. The van der Waals surface area contributed by atoms with E-state index >= 15 is 0 Å². The van der Waals surface area contributed by atoms with Crippen LogP contribution in [0.1, 0.15) is 11.6 Å². The predicted molar refractivity (Wildman–Crippen MR) is 69.5 cm³/mol. The van der Waals surface area contributed by atoms with Gasteiger partial charge in [0.15, 0.2) is 0 Å². The van der Waals surface area contributed by atoms with Crippen LogP contribution in [0.25, 0.3) is 0 Å². The van der Waals surface area contributed by atoms with Crippen LogP contribution in [0.3, 0.4) is 0 Å². The molecule has 0 radical (unpaired) electrons. The van der Waals surface area contributed by atoms with Gasteiger partial charge in [-0.1, -0.05) is 48.5 Å². The first-order valence-corrected chi connectivity index (χ1v) is 7.25. The van der Waals surface area contributed by atoms with Gasteiger partial charge in [0.1, 0.15) is 0 Å². The first-order valence-electron chi connectivity index (χ1n) is 5.81. The molecule has 4 heteroatoms. The molecule has 1 aliphatic rings. The van der Waals surface area contributed by atoms with E-state index in [4.69, 9.17) is 0 Å². The third-order valence-corrected chi connectivity index (χ3v) is 4.99. The lowest BCUT2D eigenvalue weighted by molar-refractivity contribution is 0.554. The van der Waals surface area contributed by atoms with Crippen molar-refractivity contribution < 1.29 is 8.42 Å². The van der Waals surface area contributed by atoms with E-state index in [0.717, 1.165) is 5.56 Å². The summed E-state index contributed by atoms with van der Waals surface area (Å²) >= 11 is 0. The standard InChI is InChI=1S/C14H13NO2S/c16-18(17,13-9-5-2-6-10-13)15-11-14(15)12-7-3-1-4-8-12/h1-10,14H,11H2. The molecule has 3 nitrogen and oxygen atoms in total. The van der Waals surface area contributed by atoms with Crippen LogP contribution in [0, 0.1) is 0 Å². The average molecular weight is 259 g/mol. The molecular formula is C14H13NO2S. The van der Waals surface area contributed by atoms with E-state index in [9.17, 15) is 8.42 Å². The van der Waals surface area contributed by atoms with E-state index in [2.05, 4.69) is 0 Å². The van der Waals surface area contributed by atoms with Gasteiger partial charge in [0, 0.05) is 6.54 Å². The fraction of sp³-hybridized carbons (Fsp3) is 0.143. The predicted octanol–water partition coefficient (Wildman–Crippen LogP) is 2.43. The fourth-order valence-corrected chi connectivity index (χ4v) is 3.63. The van der Waals surface area contributed by atoms with Crippen molar-refractivity contribution in [3.05, 3.63) is 66.2 Å². The molecule has 2 atom stereocenters. The van der Waals surface area contributed by atoms with Crippen LogP contribution in [0.5, 0.6) is 0 Å². The van der Waals surface area contributed by atoms with E-state index in [1.165, 1.54) is 4.31 Å². The normalized spacial score (nSPS) is 22.7. The van der Waals surface area contributed by atoms with Crippen molar-refractivity contribution in [3.8, 4) is 0 Å². The number of benzene rings is 2. The van der Waals surface area contributed by atoms with Crippen molar-refractivity contribution in [1.82, 2.24) is 4.31 Å². The summed E-state index contributed by atoms with van der Waals surface area (Å²) in [4.78, 5) is 0.364. The van der Waals surface area contributed by atoms with Crippen molar-refractivity contribution in [1.29, 1.82) is 0 Å². The van der Waals surface area contributed by atoms with Crippen molar-refractivity contribution >= 4 is 10.0 Å². The molecule has 0 aliphatic carbocycles. The first kappa shape index (κ1) is 11.4. The van der Waals surface area contributed by atoms with Crippen molar-refractivity contribution in [2.75, 3.05) is 6.54 Å². The largest absolute Gasteiger partial charge is 0.243 e. The molecule has 0 bridgehead atoms. The Balaban J connectivity index is 1.87. The van der Waals surface area contributed by atoms with Crippen LogP contribution in [0.4, 0.5) is 0 Å². The minimum atomic E-state index is -3.33. The van der Waals surface area contributed by atoms with Crippen molar-refractivity contribution in [2.45, 2.75) is 10.9 Å². The third-order valence-electron chi connectivity index (χ3n) is 3.10. The highest BCUT2D eigenvalue weighted by atomic mass is 32.2. The molecule has 1 heterocycles. The van der Waals surface area contributed by atoms with Gasteiger partial charge in [0.25, 0.3) is 0 Å². The highest BCUT2D eigenvalue weighted by molar-refractivity contribution is 7.89. The van der Waals surface area contributed by atoms with Gasteiger partial charge < -0.3 is 0 Å². The lowest BCUT2D eigenvalue weighted by atomic mass is 10.2. The maximum Gasteiger partial charge on any atom is 0.243 e. The number of sulfonamides is 1. The highest BCUT2D eigenvalue weighted by Gasteiger charge is 2.45. The number of hydrogen-bond acceptors (Lipinski definition) is 2. The Morgan fingerprint density at radius 1 is 0.889 bits per heavy atom. The zero-order valence-corrected chi connectivity index (χ0v) is 10.5. The lowest BCUT2D eigenvalue weighted by Crippen LogP contribution is -2.12. The van der Waals surface area contributed by atoms with E-state index in [0.29, 0.717) is 11.4 Å². The molecule has 18 heavy (non-hydrogen) atoms. The zero-order chi connectivity index (χ0) is 12.6. The van der Waals surface area contributed by atoms with Crippen LogP contribution >= 0.6 is 0 Å². The summed E-state index contributed by atoms with van der Waals surface area (Å²) in [5, 5.41) is 0. The highest BCUT2D eigenvalue weighted by Crippen LogP contribution is 2.39. The van der Waals surface area contributed by atoms with Gasteiger partial charge in [-0.25, -0.2) is 8.42 Å². The Labute approximate surface area is 107 Å². The molecule has 0 N–H and O–H groups in total. The lowest BCUT2D eigenvalue weighted by Gasteiger charge is -2.06. The molecule has 2 aromatic carbocycles. The SMILES string of the molecule is O=S(=O)(c1ccccc1)N1CC1c1ccccc1. The summed E-state index contributed by atoms with van der Waals surface area (Å²) in [5.41, 5.74) is 1.05. The van der Waals surface area contributed by atoms with E-state index < -0.39 is 10.0 Å². The molecule has 3 rings (SSSR count). The summed E-state index contributed by atoms with van der Waals surface area (Å²) in [5.74, 6) is 0. The summed E-state index contributed by atoms with van der Waals surface area (Å²) < 4.78 is 26.1. The van der Waals surface area contributed by atoms with Crippen LogP contribution < -0.4 is 0 Å². The molecule has 1 fully saturated rings. The maximum absolute atomic E-state index is 12.3. The van der Waals surface area contributed by atoms with Gasteiger partial charge in [-0.2, -0.15) is 4.31 Å². The molecule has 2 aromatic rings. The quantitative estimate of drug-likeness (QED) is 0.794. The molecule has 0 saturated carbocycles. The van der Waals surface area contributed by atoms with E-state index in [1.54, 1.807) is 24.3 Å².